The Balaban J connectivity index is 2.56. The maximum Gasteiger partial charge on any atom is 0.307 e. The molecule has 0 N–H and O–H groups in total. The van der Waals surface area contributed by atoms with Crippen LogP contribution in [-0.4, -0.2) is 46.8 Å². The lowest BCUT2D eigenvalue weighted by molar-refractivity contribution is -0.141. The zero-order valence-corrected chi connectivity index (χ0v) is 13.6. The Labute approximate surface area is 126 Å². The number of hydrogen-bond acceptors (Lipinski definition) is 4. The van der Waals surface area contributed by atoms with Gasteiger partial charge in [-0.25, -0.2) is 0 Å². The van der Waals surface area contributed by atoms with Crippen LogP contribution in [0.3, 0.4) is 0 Å². The predicted octanol–water partition coefficient (Wildman–Crippen LogP) is 1.38. The van der Waals surface area contributed by atoms with Crippen molar-refractivity contribution in [3.63, 3.8) is 0 Å². The summed E-state index contributed by atoms with van der Waals surface area (Å²) in [6, 6.07) is 0. The van der Waals surface area contributed by atoms with Crippen LogP contribution in [0, 0.1) is 13.8 Å². The highest BCUT2D eigenvalue weighted by atomic mass is 16.5. The highest BCUT2D eigenvalue weighted by Gasteiger charge is 2.16. The van der Waals surface area contributed by atoms with E-state index in [9.17, 15) is 9.59 Å². The summed E-state index contributed by atoms with van der Waals surface area (Å²) >= 11 is 0. The van der Waals surface area contributed by atoms with Crippen LogP contribution in [0.2, 0.25) is 0 Å². The first-order chi connectivity index (χ1) is 9.90. The van der Waals surface area contributed by atoms with Crippen LogP contribution in [0.5, 0.6) is 0 Å². The second-order valence-corrected chi connectivity index (χ2v) is 5.07. The molecule has 0 fully saturated rings. The normalized spacial score (nSPS) is 10.5. The van der Waals surface area contributed by atoms with Crippen molar-refractivity contribution in [3.8, 4) is 0 Å². The third-order valence-electron chi connectivity index (χ3n) is 3.80. The molecular weight excluding hydrogens is 270 g/mol. The third kappa shape index (κ3) is 4.58. The molecule has 1 heterocycles. The van der Waals surface area contributed by atoms with Crippen molar-refractivity contribution in [2.24, 2.45) is 7.05 Å². The molecule has 21 heavy (non-hydrogen) atoms. The molecule has 1 aromatic rings. The van der Waals surface area contributed by atoms with E-state index in [-0.39, 0.29) is 18.3 Å². The first-order valence-corrected chi connectivity index (χ1v) is 7.24. The lowest BCUT2D eigenvalue weighted by Crippen LogP contribution is -2.33. The number of esters is 1. The van der Waals surface area contributed by atoms with E-state index < -0.39 is 0 Å². The smallest absolute Gasteiger partial charge is 0.307 e. The van der Waals surface area contributed by atoms with Gasteiger partial charge in [-0.3, -0.25) is 14.3 Å². The Morgan fingerprint density at radius 3 is 2.43 bits per heavy atom. The Bertz CT molecular complexity index is 509. The number of carbonyl (C=O) groups excluding carboxylic acids is 2. The van der Waals surface area contributed by atoms with E-state index in [4.69, 9.17) is 0 Å². The van der Waals surface area contributed by atoms with Crippen molar-refractivity contribution in [3.05, 3.63) is 17.0 Å². The zero-order chi connectivity index (χ0) is 16.0. The van der Waals surface area contributed by atoms with Crippen molar-refractivity contribution in [1.29, 1.82) is 0 Å². The molecule has 0 aliphatic heterocycles. The van der Waals surface area contributed by atoms with Crippen LogP contribution >= 0.6 is 0 Å². The molecule has 0 unspecified atom stereocenters. The average molecular weight is 295 g/mol. The third-order valence-corrected chi connectivity index (χ3v) is 3.80. The second kappa shape index (κ2) is 7.81. The van der Waals surface area contributed by atoms with Crippen LogP contribution in [0.25, 0.3) is 0 Å². The number of methoxy groups -OCH3 is 1. The highest BCUT2D eigenvalue weighted by molar-refractivity contribution is 5.77. The van der Waals surface area contributed by atoms with Crippen LogP contribution in [0.15, 0.2) is 0 Å². The van der Waals surface area contributed by atoms with Gasteiger partial charge in [-0.1, -0.05) is 0 Å². The summed E-state index contributed by atoms with van der Waals surface area (Å²) in [5.74, 6) is -0.232. The van der Waals surface area contributed by atoms with Crippen molar-refractivity contribution in [1.82, 2.24) is 14.7 Å². The number of nitrogens with zero attached hydrogens (tertiary/aromatic N) is 3. The molecule has 0 bridgehead atoms. The number of aryl methyl sites for hydroxylation is 2. The molecule has 1 amide bonds. The van der Waals surface area contributed by atoms with Gasteiger partial charge in [-0.05, 0) is 32.8 Å². The van der Waals surface area contributed by atoms with Gasteiger partial charge in [0.25, 0.3) is 0 Å². The predicted molar refractivity (Wildman–Crippen MR) is 79.9 cm³/mol. The monoisotopic (exact) mass is 295 g/mol. The van der Waals surface area contributed by atoms with Gasteiger partial charge in [0.05, 0.1) is 19.2 Å². The number of hydrogen-bond donors (Lipinski definition) is 0. The molecule has 0 aliphatic rings. The average Bonchev–Trinajstić information content (AvgIpc) is 2.70. The molecule has 6 heteroatoms. The van der Waals surface area contributed by atoms with Gasteiger partial charge in [-0.2, -0.15) is 5.10 Å². The van der Waals surface area contributed by atoms with Crippen LogP contribution in [0.1, 0.15) is 36.7 Å². The Morgan fingerprint density at radius 2 is 1.95 bits per heavy atom. The molecule has 0 aliphatic carbocycles. The summed E-state index contributed by atoms with van der Waals surface area (Å²) in [6.45, 7) is 6.89. The van der Waals surface area contributed by atoms with E-state index in [1.54, 1.807) is 4.90 Å². The summed E-state index contributed by atoms with van der Waals surface area (Å²) < 4.78 is 6.44. The molecule has 118 valence electrons. The van der Waals surface area contributed by atoms with Crippen molar-refractivity contribution >= 4 is 11.9 Å². The Morgan fingerprint density at radius 1 is 1.29 bits per heavy atom. The van der Waals surface area contributed by atoms with E-state index in [0.29, 0.717) is 25.9 Å². The molecule has 0 saturated carbocycles. The summed E-state index contributed by atoms with van der Waals surface area (Å²) in [5, 5.41) is 4.35. The van der Waals surface area contributed by atoms with Gasteiger partial charge < -0.3 is 9.64 Å². The minimum atomic E-state index is -0.291. The number of amides is 1. The molecule has 0 spiro atoms. The fourth-order valence-electron chi connectivity index (χ4n) is 2.36. The first-order valence-electron chi connectivity index (χ1n) is 7.24. The first kappa shape index (κ1) is 17.2. The van der Waals surface area contributed by atoms with E-state index in [1.807, 2.05) is 32.5 Å². The summed E-state index contributed by atoms with van der Waals surface area (Å²) in [4.78, 5) is 25.1. The molecule has 0 atom stereocenters. The van der Waals surface area contributed by atoms with Gasteiger partial charge in [0, 0.05) is 32.3 Å². The zero-order valence-electron chi connectivity index (χ0n) is 13.6. The molecule has 6 nitrogen and oxygen atoms in total. The van der Waals surface area contributed by atoms with Gasteiger partial charge in [0.1, 0.15) is 0 Å². The topological polar surface area (TPSA) is 64.4 Å². The standard InChI is InChI=1S/C15H25N3O3/c1-6-18(10-9-15(20)21-5)14(19)8-7-13-11(2)16-17(4)12(13)3/h6-10H2,1-5H3. The molecule has 0 saturated heterocycles. The highest BCUT2D eigenvalue weighted by Crippen LogP contribution is 2.14. The van der Waals surface area contributed by atoms with Crippen LogP contribution in [0.4, 0.5) is 0 Å². The largest absolute Gasteiger partial charge is 0.469 e. The van der Waals surface area contributed by atoms with Crippen molar-refractivity contribution in [2.75, 3.05) is 20.2 Å². The fraction of sp³-hybridized carbons (Fsp3) is 0.667. The number of ether oxygens (including phenoxy) is 1. The van der Waals surface area contributed by atoms with E-state index in [1.165, 1.54) is 7.11 Å². The van der Waals surface area contributed by atoms with Crippen LogP contribution < -0.4 is 0 Å². The maximum atomic E-state index is 12.2. The van der Waals surface area contributed by atoms with Crippen molar-refractivity contribution < 1.29 is 14.3 Å². The lowest BCUT2D eigenvalue weighted by atomic mass is 10.1. The summed E-state index contributed by atoms with van der Waals surface area (Å²) in [7, 11) is 3.26. The van der Waals surface area contributed by atoms with E-state index in [2.05, 4.69) is 9.84 Å². The maximum absolute atomic E-state index is 12.2. The van der Waals surface area contributed by atoms with Gasteiger partial charge in [0.15, 0.2) is 0 Å². The second-order valence-electron chi connectivity index (χ2n) is 5.07. The molecule has 1 rings (SSSR count). The van der Waals surface area contributed by atoms with Gasteiger partial charge in [0.2, 0.25) is 5.91 Å². The lowest BCUT2D eigenvalue weighted by Gasteiger charge is -2.20. The SMILES string of the molecule is CCN(CCC(=O)OC)C(=O)CCc1c(C)nn(C)c1C. The summed E-state index contributed by atoms with van der Waals surface area (Å²) in [6.07, 6.45) is 1.35. The quantitative estimate of drug-likeness (QED) is 0.713. The molecular formula is C15H25N3O3. The van der Waals surface area contributed by atoms with Crippen LogP contribution in [-0.2, 0) is 27.8 Å². The number of rotatable bonds is 7. The minimum absolute atomic E-state index is 0.0593. The Hall–Kier alpha value is -1.85. The fourth-order valence-corrected chi connectivity index (χ4v) is 2.36. The molecule has 0 radical (unpaired) electrons. The molecule has 0 aromatic carbocycles. The molecule has 1 aromatic heterocycles. The number of carbonyl (C=O) groups is 2. The van der Waals surface area contributed by atoms with Gasteiger partial charge >= 0.3 is 5.97 Å². The summed E-state index contributed by atoms with van der Waals surface area (Å²) in [5.41, 5.74) is 3.20. The minimum Gasteiger partial charge on any atom is -0.469 e. The van der Waals surface area contributed by atoms with E-state index in [0.717, 1.165) is 17.0 Å². The Kier molecular flexibility index (Phi) is 6.39. The van der Waals surface area contributed by atoms with E-state index >= 15 is 0 Å². The van der Waals surface area contributed by atoms with Crippen molar-refractivity contribution in [2.45, 2.75) is 40.0 Å². The van der Waals surface area contributed by atoms with Gasteiger partial charge in [-0.15, -0.1) is 0 Å². The number of aromatic nitrogens is 2.